The Bertz CT molecular complexity index is 971. The van der Waals surface area contributed by atoms with E-state index in [1.807, 2.05) is 0 Å². The van der Waals surface area contributed by atoms with E-state index < -0.39 is 34.5 Å². The number of hydrogen-bond donors (Lipinski definition) is 2. The van der Waals surface area contributed by atoms with Crippen LogP contribution in [0.2, 0.25) is 5.02 Å². The second kappa shape index (κ2) is 8.92. The van der Waals surface area contributed by atoms with Crippen LogP contribution >= 0.6 is 11.6 Å². The number of nitrogens with one attached hydrogen (secondary N) is 2. The smallest absolute Gasteiger partial charge is 0.336 e. The Morgan fingerprint density at radius 2 is 1.93 bits per heavy atom. The van der Waals surface area contributed by atoms with Gasteiger partial charge in [0.15, 0.2) is 11.7 Å². The minimum absolute atomic E-state index is 0.0664. The summed E-state index contributed by atoms with van der Waals surface area (Å²) < 4.78 is 38.3. The Hall–Kier alpha value is -3.12. The lowest BCUT2D eigenvalue weighted by Gasteiger charge is -2.13. The quantitative estimate of drug-likeness (QED) is 0.675. The van der Waals surface area contributed by atoms with Crippen LogP contribution < -0.4 is 10.6 Å². The van der Waals surface area contributed by atoms with Gasteiger partial charge in [-0.3, -0.25) is 9.78 Å². The molecule has 0 radical (unpaired) electrons. The maximum atomic E-state index is 12.8. The fourth-order valence-electron chi connectivity index (χ4n) is 2.41. The van der Waals surface area contributed by atoms with Gasteiger partial charge < -0.3 is 10.6 Å². The van der Waals surface area contributed by atoms with Crippen LogP contribution in [-0.2, 0) is 6.18 Å². The van der Waals surface area contributed by atoms with E-state index in [2.05, 4.69) is 15.6 Å². The van der Waals surface area contributed by atoms with Crippen molar-refractivity contribution in [3.63, 3.8) is 0 Å². The Morgan fingerprint density at radius 1 is 1.24 bits per heavy atom. The van der Waals surface area contributed by atoms with Gasteiger partial charge in [-0.25, -0.2) is 4.79 Å². The number of urea groups is 1. The van der Waals surface area contributed by atoms with Gasteiger partial charge in [-0.05, 0) is 32.0 Å². The van der Waals surface area contributed by atoms with Crippen LogP contribution in [0.1, 0.15) is 41.4 Å². The number of nitrogens with zero attached hydrogens (tertiary/aromatic N) is 2. The summed E-state index contributed by atoms with van der Waals surface area (Å²) in [6.07, 6.45) is -4.13. The van der Waals surface area contributed by atoms with Gasteiger partial charge in [0.1, 0.15) is 0 Å². The molecule has 2 N–H and O–H groups in total. The van der Waals surface area contributed by atoms with Gasteiger partial charge in [0, 0.05) is 23.5 Å². The fraction of sp³-hybridized carbons (Fsp3) is 0.263. The molecular formula is C19H16ClF3N4O2. The molecule has 1 atom stereocenters. The molecular weight excluding hydrogens is 409 g/mol. The molecule has 0 aliphatic carbocycles. The van der Waals surface area contributed by atoms with Gasteiger partial charge in [0.05, 0.1) is 22.3 Å². The highest BCUT2D eigenvalue weighted by Gasteiger charge is 2.33. The van der Waals surface area contributed by atoms with Gasteiger partial charge in [0.25, 0.3) is 0 Å². The van der Waals surface area contributed by atoms with Crippen molar-refractivity contribution in [2.75, 3.05) is 5.32 Å². The Morgan fingerprint density at radius 3 is 2.48 bits per heavy atom. The first-order valence-electron chi connectivity index (χ1n) is 8.37. The van der Waals surface area contributed by atoms with Crippen molar-refractivity contribution < 1.29 is 22.8 Å². The number of anilines is 1. The third kappa shape index (κ3) is 5.68. The van der Waals surface area contributed by atoms with Crippen molar-refractivity contribution in [3.8, 4) is 6.07 Å². The second-order valence-corrected chi connectivity index (χ2v) is 6.76. The zero-order valence-corrected chi connectivity index (χ0v) is 16.1. The normalized spacial score (nSPS) is 12.2. The van der Waals surface area contributed by atoms with Crippen molar-refractivity contribution in [2.24, 2.45) is 0 Å². The van der Waals surface area contributed by atoms with E-state index in [4.69, 9.17) is 11.6 Å². The summed E-state index contributed by atoms with van der Waals surface area (Å²) >= 11 is 5.86. The maximum Gasteiger partial charge on any atom is 0.417 e. The molecule has 152 valence electrons. The average Bonchev–Trinajstić information content (AvgIpc) is 2.62. The number of Topliss-reactive ketones (excluding diaryl/α,β-unsaturated/α-hetero) is 1. The number of alkyl halides is 3. The topological polar surface area (TPSA) is 94.9 Å². The van der Waals surface area contributed by atoms with Crippen LogP contribution in [0.25, 0.3) is 0 Å². The Balaban J connectivity index is 2.30. The molecule has 0 saturated carbocycles. The summed E-state index contributed by atoms with van der Waals surface area (Å²) in [5.74, 6) is -2.22. The molecule has 2 aromatic rings. The molecule has 2 amide bonds. The van der Waals surface area contributed by atoms with Crippen LogP contribution in [0.4, 0.5) is 23.7 Å². The van der Waals surface area contributed by atoms with Crippen molar-refractivity contribution in [1.82, 2.24) is 10.3 Å². The van der Waals surface area contributed by atoms with E-state index in [0.29, 0.717) is 18.0 Å². The Labute approximate surface area is 169 Å². The fourth-order valence-corrected chi connectivity index (χ4v) is 2.68. The van der Waals surface area contributed by atoms with Crippen LogP contribution in [0.3, 0.4) is 0 Å². The third-order valence-electron chi connectivity index (χ3n) is 3.69. The van der Waals surface area contributed by atoms with Crippen molar-refractivity contribution in [2.45, 2.75) is 32.0 Å². The summed E-state index contributed by atoms with van der Waals surface area (Å²) in [7, 11) is 0. The highest BCUT2D eigenvalue weighted by atomic mass is 35.5. The molecule has 0 spiro atoms. The molecule has 0 saturated heterocycles. The molecule has 1 aromatic heterocycles. The highest BCUT2D eigenvalue weighted by Crippen LogP contribution is 2.33. The lowest BCUT2D eigenvalue weighted by Crippen LogP contribution is -2.34. The maximum absolute atomic E-state index is 12.8. The predicted octanol–water partition coefficient (Wildman–Crippen LogP) is 4.77. The standard InChI is InChI=1S/C19H16ClF3N4O2/c1-10(2)26-18(29)27-13-5-3-4-11(6-13)17(28)14(8-24)16-15(20)7-12(9-25-16)19(21,22)23/h3-7,9-10,14H,1-2H3,(H2,26,27,29). The molecule has 1 heterocycles. The minimum atomic E-state index is -4.65. The number of ketones is 1. The Kier molecular flexibility index (Phi) is 6.82. The third-order valence-corrected chi connectivity index (χ3v) is 3.99. The minimum Gasteiger partial charge on any atom is -0.336 e. The number of amides is 2. The number of aromatic nitrogens is 1. The van der Waals surface area contributed by atoms with Gasteiger partial charge in [-0.15, -0.1) is 0 Å². The van der Waals surface area contributed by atoms with E-state index in [1.54, 1.807) is 26.0 Å². The number of hydrogen-bond acceptors (Lipinski definition) is 4. The van der Waals surface area contributed by atoms with E-state index in [1.165, 1.54) is 18.2 Å². The summed E-state index contributed by atoms with van der Waals surface area (Å²) in [5, 5.41) is 14.1. The number of nitriles is 1. The molecule has 0 aliphatic rings. The van der Waals surface area contributed by atoms with Crippen molar-refractivity contribution >= 4 is 29.1 Å². The molecule has 1 aromatic carbocycles. The zero-order chi connectivity index (χ0) is 21.8. The van der Waals surface area contributed by atoms with Gasteiger partial charge in [-0.2, -0.15) is 18.4 Å². The molecule has 10 heteroatoms. The van der Waals surface area contributed by atoms with Crippen LogP contribution in [0.5, 0.6) is 0 Å². The van der Waals surface area contributed by atoms with Crippen LogP contribution in [0, 0.1) is 11.3 Å². The molecule has 0 bridgehead atoms. The molecule has 0 aliphatic heterocycles. The molecule has 6 nitrogen and oxygen atoms in total. The second-order valence-electron chi connectivity index (χ2n) is 6.35. The van der Waals surface area contributed by atoms with Gasteiger partial charge >= 0.3 is 12.2 Å². The molecule has 29 heavy (non-hydrogen) atoms. The first-order chi connectivity index (χ1) is 13.5. The predicted molar refractivity (Wildman–Crippen MR) is 101 cm³/mol. The van der Waals surface area contributed by atoms with E-state index in [0.717, 1.165) is 0 Å². The number of benzene rings is 1. The monoisotopic (exact) mass is 424 g/mol. The number of pyridine rings is 1. The summed E-state index contributed by atoms with van der Waals surface area (Å²) in [5.41, 5.74) is -0.991. The van der Waals surface area contributed by atoms with Gasteiger partial charge in [0.2, 0.25) is 0 Å². The van der Waals surface area contributed by atoms with Gasteiger partial charge in [-0.1, -0.05) is 23.7 Å². The average molecular weight is 425 g/mol. The van der Waals surface area contributed by atoms with E-state index in [-0.39, 0.29) is 17.3 Å². The first kappa shape index (κ1) is 22.2. The lowest BCUT2D eigenvalue weighted by molar-refractivity contribution is -0.137. The number of carbonyl (C=O) groups excluding carboxylic acids is 2. The molecule has 1 unspecified atom stereocenters. The van der Waals surface area contributed by atoms with Crippen LogP contribution in [-0.4, -0.2) is 22.8 Å². The number of rotatable bonds is 5. The number of carbonyl (C=O) groups is 2. The first-order valence-corrected chi connectivity index (χ1v) is 8.74. The van der Waals surface area contributed by atoms with Crippen LogP contribution in [0.15, 0.2) is 36.5 Å². The summed E-state index contributed by atoms with van der Waals surface area (Å²) in [4.78, 5) is 28.1. The number of halogens is 4. The highest BCUT2D eigenvalue weighted by molar-refractivity contribution is 6.31. The largest absolute Gasteiger partial charge is 0.417 e. The van der Waals surface area contributed by atoms with Crippen molar-refractivity contribution in [3.05, 3.63) is 58.4 Å². The van der Waals surface area contributed by atoms with E-state index in [9.17, 15) is 28.0 Å². The van der Waals surface area contributed by atoms with Crippen molar-refractivity contribution in [1.29, 1.82) is 5.26 Å². The summed E-state index contributed by atoms with van der Waals surface area (Å²) in [6.45, 7) is 3.55. The van der Waals surface area contributed by atoms with E-state index >= 15 is 0 Å². The molecule has 0 fully saturated rings. The molecule has 2 rings (SSSR count). The zero-order valence-electron chi connectivity index (χ0n) is 15.3. The SMILES string of the molecule is CC(C)NC(=O)Nc1cccc(C(=O)C(C#N)c2ncc(C(F)(F)F)cc2Cl)c1. The lowest BCUT2D eigenvalue weighted by atomic mass is 9.94. The summed E-state index contributed by atoms with van der Waals surface area (Å²) in [6, 6.07) is 7.57.